The summed E-state index contributed by atoms with van der Waals surface area (Å²) in [4.78, 5) is 0. The maximum atomic E-state index is 5.68. The van der Waals surface area contributed by atoms with Crippen LogP contribution in [0.1, 0.15) is 55.5 Å². The molecule has 400 valence electrons. The predicted octanol–water partition coefficient (Wildman–Crippen LogP) is 18.0. The number of anilines is 5. The van der Waals surface area contributed by atoms with E-state index in [9.17, 15) is 0 Å². The van der Waals surface area contributed by atoms with Crippen molar-refractivity contribution < 1.29 is 14.2 Å². The van der Waals surface area contributed by atoms with E-state index in [0.29, 0.717) is 0 Å². The molecule has 0 bridgehead atoms. The normalized spacial score (nSPS) is 8.68. The Morgan fingerprint density at radius 3 is 0.865 bits per heavy atom. The molecule has 0 amide bonds. The van der Waals surface area contributed by atoms with Crippen LogP contribution in [0, 0.1) is 34.6 Å². The van der Waals surface area contributed by atoms with Crippen molar-refractivity contribution in [1.29, 1.82) is 0 Å². The molecule has 0 aliphatic carbocycles. The summed E-state index contributed by atoms with van der Waals surface area (Å²) < 4.78 is 14.9. The standard InChI is InChI=1S/3C8H11N.2C8H10O.C7H8ClN.C7H9N.C7H8O.2C2H6/c1-7-3-5-8(9-2)6-4-7;2*1-7-4-3-5-8(6-7)9-2;1-7-3-5-8(9-2)6-4-7;1-7-4-3-5-8(6-7)9-2;1-9-7-4-2-3-6(8)5-7;2*1-8-7-5-3-2-4-6-7;2*1-2/h3*3-6,9H,1-2H3;2*3-6H,1-2H3;2-5,9H,1H3;2-6,8H,1H3;2-6H,1H3;2*1-2H3. The average molecular weight is 1020 g/mol. The first-order valence-corrected chi connectivity index (χ1v) is 25.4. The molecule has 8 aromatic rings. The van der Waals surface area contributed by atoms with Crippen LogP contribution in [0.15, 0.2) is 206 Å². The molecule has 5 N–H and O–H groups in total. The molecule has 0 aromatic heterocycles. The van der Waals surface area contributed by atoms with E-state index >= 15 is 0 Å². The summed E-state index contributed by atoms with van der Waals surface area (Å²) in [5.74, 6) is 2.75. The van der Waals surface area contributed by atoms with Gasteiger partial charge in [-0.05, 0) is 154 Å². The number of benzene rings is 8. The Balaban J connectivity index is 0. The lowest BCUT2D eigenvalue weighted by atomic mass is 10.2. The van der Waals surface area contributed by atoms with E-state index in [1.54, 1.807) is 21.3 Å². The van der Waals surface area contributed by atoms with Gasteiger partial charge in [-0.25, -0.2) is 0 Å². The third-order valence-corrected chi connectivity index (χ3v) is 9.83. The molecule has 0 atom stereocenters. The van der Waals surface area contributed by atoms with Gasteiger partial charge in [-0.2, -0.15) is 0 Å². The molecule has 74 heavy (non-hydrogen) atoms. The average Bonchev–Trinajstić information content (AvgIpc) is 3.46. The Morgan fingerprint density at radius 1 is 0.270 bits per heavy atom. The van der Waals surface area contributed by atoms with Crippen LogP contribution in [0.5, 0.6) is 17.2 Å². The molecule has 0 aliphatic heterocycles. The zero-order valence-corrected chi connectivity index (χ0v) is 48.5. The molecule has 0 aliphatic rings. The zero-order chi connectivity index (χ0) is 55.8. The second kappa shape index (κ2) is 46.5. The van der Waals surface area contributed by atoms with Crippen LogP contribution in [0.2, 0.25) is 5.02 Å². The van der Waals surface area contributed by atoms with Crippen molar-refractivity contribution in [3.05, 3.63) is 239 Å². The summed E-state index contributed by atoms with van der Waals surface area (Å²) >= 11 is 5.68. The van der Waals surface area contributed by atoms with Crippen molar-refractivity contribution in [3.8, 4) is 17.2 Å². The van der Waals surface area contributed by atoms with Crippen LogP contribution >= 0.6 is 11.6 Å². The largest absolute Gasteiger partial charge is 0.497 e. The summed E-state index contributed by atoms with van der Waals surface area (Å²) in [6.45, 7) is 18.4. The van der Waals surface area contributed by atoms with Crippen LogP contribution in [0.4, 0.5) is 28.4 Å². The second-order valence-electron chi connectivity index (χ2n) is 15.3. The first-order valence-electron chi connectivity index (χ1n) is 25.0. The number of nitrogens with one attached hydrogen (secondary N) is 5. The van der Waals surface area contributed by atoms with Crippen LogP contribution in [0.25, 0.3) is 0 Å². The number of aryl methyl sites for hydroxylation is 5. The maximum absolute atomic E-state index is 5.68. The number of rotatable bonds is 8. The van der Waals surface area contributed by atoms with Crippen molar-refractivity contribution in [1.82, 2.24) is 0 Å². The lowest BCUT2D eigenvalue weighted by Crippen LogP contribution is -1.86. The number of ether oxygens (including phenoxy) is 3. The fourth-order valence-electron chi connectivity index (χ4n) is 5.54. The van der Waals surface area contributed by atoms with Crippen molar-refractivity contribution in [3.63, 3.8) is 0 Å². The molecule has 8 rings (SSSR count). The minimum absolute atomic E-state index is 0.766. The van der Waals surface area contributed by atoms with E-state index in [0.717, 1.165) is 33.6 Å². The van der Waals surface area contributed by atoms with Gasteiger partial charge < -0.3 is 40.8 Å². The number of halogens is 1. The molecule has 0 unspecified atom stereocenters. The molecule has 8 nitrogen and oxygen atoms in total. The van der Waals surface area contributed by atoms with Crippen molar-refractivity contribution in [2.24, 2.45) is 0 Å². The summed E-state index contributed by atoms with van der Waals surface area (Å²) in [6, 6.07) is 68.2. The van der Waals surface area contributed by atoms with Gasteiger partial charge in [0.25, 0.3) is 0 Å². The minimum atomic E-state index is 0.766. The lowest BCUT2D eigenvalue weighted by molar-refractivity contribution is 0.414. The first kappa shape index (κ1) is 68.5. The molecule has 0 spiro atoms. The number of hydrogen-bond acceptors (Lipinski definition) is 8. The molecule has 0 fully saturated rings. The fourth-order valence-corrected chi connectivity index (χ4v) is 5.73. The quantitative estimate of drug-likeness (QED) is 0.103. The highest BCUT2D eigenvalue weighted by Gasteiger charge is 1.90. The maximum Gasteiger partial charge on any atom is 0.119 e. The molecule has 9 heteroatoms. The smallest absolute Gasteiger partial charge is 0.119 e. The van der Waals surface area contributed by atoms with Gasteiger partial charge in [0.1, 0.15) is 17.2 Å². The van der Waals surface area contributed by atoms with Crippen LogP contribution in [0.3, 0.4) is 0 Å². The molecular formula is C65H90ClN5O3. The summed E-state index contributed by atoms with van der Waals surface area (Å²) in [5, 5.41) is 16.0. The summed E-state index contributed by atoms with van der Waals surface area (Å²) in [5.41, 5.74) is 12.1. The Bertz CT molecular complexity index is 2220. The highest BCUT2D eigenvalue weighted by Crippen LogP contribution is 2.14. The third-order valence-electron chi connectivity index (χ3n) is 9.59. The van der Waals surface area contributed by atoms with Crippen molar-refractivity contribution >= 4 is 40.0 Å². The van der Waals surface area contributed by atoms with E-state index in [1.165, 1.54) is 44.9 Å². The fraction of sp³-hybridized carbons (Fsp3) is 0.262. The van der Waals surface area contributed by atoms with Gasteiger partial charge in [-0.1, -0.05) is 154 Å². The third kappa shape index (κ3) is 36.4. The molecule has 8 aromatic carbocycles. The van der Waals surface area contributed by atoms with Gasteiger partial charge in [0.2, 0.25) is 0 Å². The Kier molecular flexibility index (Phi) is 43.1. The van der Waals surface area contributed by atoms with E-state index in [4.69, 9.17) is 25.8 Å². The van der Waals surface area contributed by atoms with Gasteiger partial charge in [-0.3, -0.25) is 0 Å². The topological polar surface area (TPSA) is 87.8 Å². The van der Waals surface area contributed by atoms with Gasteiger partial charge >= 0.3 is 0 Å². The van der Waals surface area contributed by atoms with Crippen LogP contribution < -0.4 is 40.8 Å². The van der Waals surface area contributed by atoms with E-state index < -0.39 is 0 Å². The molecule has 0 saturated heterocycles. The van der Waals surface area contributed by atoms with Crippen LogP contribution in [-0.4, -0.2) is 56.6 Å². The van der Waals surface area contributed by atoms with Gasteiger partial charge in [-0.15, -0.1) is 0 Å². The lowest BCUT2D eigenvalue weighted by Gasteiger charge is -1.98. The van der Waals surface area contributed by atoms with Crippen molar-refractivity contribution in [2.75, 3.05) is 83.2 Å². The van der Waals surface area contributed by atoms with Crippen molar-refractivity contribution in [2.45, 2.75) is 62.3 Å². The van der Waals surface area contributed by atoms with E-state index in [-0.39, 0.29) is 0 Å². The summed E-state index contributed by atoms with van der Waals surface area (Å²) in [6.07, 6.45) is 0. The first-order chi connectivity index (χ1) is 35.8. The van der Waals surface area contributed by atoms with E-state index in [1.807, 2.05) is 228 Å². The zero-order valence-electron chi connectivity index (χ0n) is 47.7. The van der Waals surface area contributed by atoms with Gasteiger partial charge in [0, 0.05) is 68.7 Å². The molecule has 0 saturated carbocycles. The number of hydrogen-bond donors (Lipinski definition) is 5. The Labute approximate surface area is 453 Å². The molecular weight excluding hydrogens is 934 g/mol. The predicted molar refractivity (Wildman–Crippen MR) is 330 cm³/mol. The van der Waals surface area contributed by atoms with Gasteiger partial charge in [0.05, 0.1) is 21.3 Å². The van der Waals surface area contributed by atoms with E-state index in [2.05, 4.69) is 103 Å². The Morgan fingerprint density at radius 2 is 0.568 bits per heavy atom. The highest BCUT2D eigenvalue weighted by molar-refractivity contribution is 6.30. The molecule has 0 radical (unpaired) electrons. The molecule has 0 heterocycles. The summed E-state index contributed by atoms with van der Waals surface area (Å²) in [7, 11) is 14.6. The minimum Gasteiger partial charge on any atom is -0.497 e. The second-order valence-corrected chi connectivity index (χ2v) is 15.7. The van der Waals surface area contributed by atoms with Crippen LogP contribution in [-0.2, 0) is 0 Å². The monoisotopic (exact) mass is 1020 g/mol. The van der Waals surface area contributed by atoms with Gasteiger partial charge in [0.15, 0.2) is 0 Å². The SMILES string of the molecule is CC.CC.CNc1ccc(C)cc1.CNc1cccc(C)c1.CNc1cccc(C)c1.CNc1cccc(Cl)c1.CNc1ccccc1.COc1ccc(C)cc1.COc1cccc(C)c1.COc1ccccc1. The number of methoxy groups -OCH3 is 3. The highest BCUT2D eigenvalue weighted by atomic mass is 35.5. The number of para-hydroxylation sites is 2. The Hall–Kier alpha value is -7.55.